The molecule has 1 aromatic heterocycles. The fraction of sp³-hybridized carbons (Fsp3) is 0.500. The number of carbonyl (C=O) groups is 2. The molecule has 1 rings (SSSR count). The number of hydrogen-bond acceptors (Lipinski definition) is 3. The molecule has 0 saturated carbocycles. The van der Waals surface area contributed by atoms with Crippen molar-refractivity contribution >= 4 is 23.2 Å². The lowest BCUT2D eigenvalue weighted by atomic mass is 10.1. The molecule has 0 fully saturated rings. The Morgan fingerprint density at radius 3 is 2.76 bits per heavy atom. The largest absolute Gasteiger partial charge is 0.481 e. The molecule has 0 saturated heterocycles. The van der Waals surface area contributed by atoms with Crippen molar-refractivity contribution in [2.75, 3.05) is 0 Å². The minimum absolute atomic E-state index is 0.00310. The molecule has 0 aliphatic carbocycles. The predicted molar refractivity (Wildman–Crippen MR) is 67.5 cm³/mol. The van der Waals surface area contributed by atoms with Crippen LogP contribution in [-0.2, 0) is 4.79 Å². The number of carboxylic acid groups (broad SMARTS) is 1. The van der Waals surface area contributed by atoms with Crippen LogP contribution in [0.25, 0.3) is 0 Å². The molecule has 2 N–H and O–H groups in total. The van der Waals surface area contributed by atoms with Crippen molar-refractivity contribution in [3.8, 4) is 0 Å². The van der Waals surface area contributed by atoms with Crippen LogP contribution in [0, 0.1) is 6.92 Å². The average Bonchev–Trinajstić information content (AvgIpc) is 2.63. The molecule has 1 aromatic rings. The molecule has 5 heteroatoms. The van der Waals surface area contributed by atoms with Crippen LogP contribution in [0.1, 0.15) is 41.4 Å². The van der Waals surface area contributed by atoms with Gasteiger partial charge in [-0.1, -0.05) is 0 Å². The molecule has 0 aromatic carbocycles. The van der Waals surface area contributed by atoms with Gasteiger partial charge >= 0.3 is 5.97 Å². The molecular weight excluding hydrogens is 238 g/mol. The van der Waals surface area contributed by atoms with Gasteiger partial charge in [-0.15, -0.1) is 11.3 Å². The second-order valence-corrected chi connectivity index (χ2v) is 5.01. The van der Waals surface area contributed by atoms with E-state index in [1.54, 1.807) is 0 Å². The number of nitrogens with one attached hydrogen (secondary N) is 1. The van der Waals surface area contributed by atoms with E-state index in [2.05, 4.69) is 5.32 Å². The number of rotatable bonds is 6. The molecule has 0 spiro atoms. The Kier molecular flexibility index (Phi) is 5.15. The van der Waals surface area contributed by atoms with Crippen molar-refractivity contribution in [3.05, 3.63) is 21.9 Å². The molecule has 0 radical (unpaired) electrons. The van der Waals surface area contributed by atoms with E-state index in [1.807, 2.05) is 25.3 Å². The quantitative estimate of drug-likeness (QED) is 0.820. The molecule has 1 unspecified atom stereocenters. The summed E-state index contributed by atoms with van der Waals surface area (Å²) in [5.41, 5.74) is 0.977. The van der Waals surface area contributed by atoms with Gasteiger partial charge in [0.25, 0.3) is 5.91 Å². The molecule has 1 heterocycles. The van der Waals surface area contributed by atoms with E-state index in [9.17, 15) is 9.59 Å². The summed E-state index contributed by atoms with van der Waals surface area (Å²) in [4.78, 5) is 22.9. The topological polar surface area (TPSA) is 66.4 Å². The maximum absolute atomic E-state index is 11.8. The summed E-state index contributed by atoms with van der Waals surface area (Å²) in [5, 5.41) is 13.3. The molecule has 94 valence electrons. The molecule has 0 aliphatic heterocycles. The first-order chi connectivity index (χ1) is 8.00. The normalized spacial score (nSPS) is 12.1. The zero-order valence-electron chi connectivity index (χ0n) is 10.0. The number of carboxylic acids is 1. The summed E-state index contributed by atoms with van der Waals surface area (Å²) in [5.74, 6) is -0.863. The Labute approximate surface area is 105 Å². The number of carbonyl (C=O) groups excluding carboxylic acids is 1. The van der Waals surface area contributed by atoms with Crippen molar-refractivity contribution in [2.24, 2.45) is 0 Å². The van der Waals surface area contributed by atoms with Crippen LogP contribution in [0.5, 0.6) is 0 Å². The first kappa shape index (κ1) is 13.7. The van der Waals surface area contributed by atoms with Gasteiger partial charge in [-0.2, -0.15) is 0 Å². The maximum Gasteiger partial charge on any atom is 0.303 e. The van der Waals surface area contributed by atoms with Crippen molar-refractivity contribution in [2.45, 2.75) is 39.2 Å². The van der Waals surface area contributed by atoms with E-state index in [1.165, 1.54) is 11.3 Å². The smallest absolute Gasteiger partial charge is 0.303 e. The fourth-order valence-corrected chi connectivity index (χ4v) is 2.35. The van der Waals surface area contributed by atoms with Crippen molar-refractivity contribution in [3.63, 3.8) is 0 Å². The van der Waals surface area contributed by atoms with E-state index < -0.39 is 5.97 Å². The zero-order valence-corrected chi connectivity index (χ0v) is 10.8. The van der Waals surface area contributed by atoms with Crippen LogP contribution < -0.4 is 5.32 Å². The van der Waals surface area contributed by atoms with Gasteiger partial charge in [0, 0.05) is 12.5 Å². The van der Waals surface area contributed by atoms with E-state index in [0.29, 0.717) is 12.8 Å². The van der Waals surface area contributed by atoms with Gasteiger partial charge in [0.15, 0.2) is 0 Å². The second kappa shape index (κ2) is 6.39. The van der Waals surface area contributed by atoms with E-state index >= 15 is 0 Å². The SMILES string of the molecule is Cc1ccsc1C(=O)NC(C)CCCC(=O)O. The van der Waals surface area contributed by atoms with Crippen molar-refractivity contribution in [1.29, 1.82) is 0 Å². The fourth-order valence-electron chi connectivity index (χ4n) is 1.53. The van der Waals surface area contributed by atoms with E-state index in [0.717, 1.165) is 10.4 Å². The number of amides is 1. The van der Waals surface area contributed by atoms with Crippen LogP contribution in [0.3, 0.4) is 0 Å². The first-order valence-electron chi connectivity index (χ1n) is 5.57. The van der Waals surface area contributed by atoms with Crippen LogP contribution in [0.2, 0.25) is 0 Å². The molecule has 0 aliphatic rings. The minimum Gasteiger partial charge on any atom is -0.481 e. The third-order valence-corrected chi connectivity index (χ3v) is 3.49. The Hall–Kier alpha value is -1.36. The summed E-state index contributed by atoms with van der Waals surface area (Å²) in [6.45, 7) is 3.79. The molecule has 4 nitrogen and oxygen atoms in total. The Balaban J connectivity index is 2.36. The molecule has 0 bridgehead atoms. The number of hydrogen-bond donors (Lipinski definition) is 2. The molecular formula is C12H17NO3S. The monoisotopic (exact) mass is 255 g/mol. The first-order valence-corrected chi connectivity index (χ1v) is 6.45. The van der Waals surface area contributed by atoms with Crippen LogP contribution in [0.4, 0.5) is 0 Å². The van der Waals surface area contributed by atoms with Crippen molar-refractivity contribution < 1.29 is 14.7 Å². The lowest BCUT2D eigenvalue weighted by Crippen LogP contribution is -2.32. The van der Waals surface area contributed by atoms with E-state index in [4.69, 9.17) is 5.11 Å². The summed E-state index contributed by atoms with van der Waals surface area (Å²) < 4.78 is 0. The number of thiophene rings is 1. The summed E-state index contributed by atoms with van der Waals surface area (Å²) in [6, 6.07) is 1.91. The van der Waals surface area contributed by atoms with Gasteiger partial charge < -0.3 is 10.4 Å². The highest BCUT2D eigenvalue weighted by atomic mass is 32.1. The highest BCUT2D eigenvalue weighted by Gasteiger charge is 2.13. The van der Waals surface area contributed by atoms with Gasteiger partial charge in [-0.3, -0.25) is 9.59 Å². The van der Waals surface area contributed by atoms with Gasteiger partial charge in [0.2, 0.25) is 0 Å². The van der Waals surface area contributed by atoms with Gasteiger partial charge in [-0.25, -0.2) is 0 Å². The number of aliphatic carboxylic acids is 1. The highest BCUT2D eigenvalue weighted by molar-refractivity contribution is 7.12. The predicted octanol–water partition coefficient (Wildman–Crippen LogP) is 2.43. The standard InChI is InChI=1S/C12H17NO3S/c1-8-6-7-17-11(8)12(16)13-9(2)4-3-5-10(14)15/h6-7,9H,3-5H2,1-2H3,(H,13,16)(H,14,15). The average molecular weight is 255 g/mol. The second-order valence-electron chi connectivity index (χ2n) is 4.09. The van der Waals surface area contributed by atoms with Gasteiger partial charge in [-0.05, 0) is 43.7 Å². The van der Waals surface area contributed by atoms with E-state index in [-0.39, 0.29) is 18.4 Å². The van der Waals surface area contributed by atoms with Gasteiger partial charge in [0.05, 0.1) is 4.88 Å². The third kappa shape index (κ3) is 4.56. The Morgan fingerprint density at radius 1 is 1.53 bits per heavy atom. The van der Waals surface area contributed by atoms with Crippen LogP contribution >= 0.6 is 11.3 Å². The molecule has 1 atom stereocenters. The lowest BCUT2D eigenvalue weighted by Gasteiger charge is -2.12. The summed E-state index contributed by atoms with van der Waals surface area (Å²) >= 11 is 1.42. The lowest BCUT2D eigenvalue weighted by molar-refractivity contribution is -0.137. The zero-order chi connectivity index (χ0) is 12.8. The maximum atomic E-state index is 11.8. The van der Waals surface area contributed by atoms with Crippen LogP contribution in [-0.4, -0.2) is 23.0 Å². The molecule has 17 heavy (non-hydrogen) atoms. The third-order valence-electron chi connectivity index (χ3n) is 2.47. The van der Waals surface area contributed by atoms with Crippen molar-refractivity contribution in [1.82, 2.24) is 5.32 Å². The van der Waals surface area contributed by atoms with Crippen LogP contribution in [0.15, 0.2) is 11.4 Å². The minimum atomic E-state index is -0.794. The number of aryl methyl sites for hydroxylation is 1. The highest BCUT2D eigenvalue weighted by Crippen LogP contribution is 2.15. The molecule has 1 amide bonds. The Morgan fingerprint density at radius 2 is 2.24 bits per heavy atom. The Bertz CT molecular complexity index is 400. The summed E-state index contributed by atoms with van der Waals surface area (Å²) in [7, 11) is 0. The van der Waals surface area contributed by atoms with Gasteiger partial charge in [0.1, 0.15) is 0 Å². The summed E-state index contributed by atoms with van der Waals surface area (Å²) in [6.07, 6.45) is 1.42.